The molecule has 1 rings (SSSR count). The fourth-order valence-electron chi connectivity index (χ4n) is 1.04. The molecule has 0 fully saturated rings. The first-order valence-electron chi connectivity index (χ1n) is 4.29. The Labute approximate surface area is 89.0 Å². The van der Waals surface area contributed by atoms with E-state index in [-0.39, 0.29) is 5.57 Å². The van der Waals surface area contributed by atoms with Crippen LogP contribution in [0.3, 0.4) is 0 Å². The third-order valence-electron chi connectivity index (χ3n) is 1.72. The molecule has 0 atom stereocenters. The highest BCUT2D eigenvalue weighted by atomic mass is 19.4. The van der Waals surface area contributed by atoms with E-state index in [4.69, 9.17) is 5.11 Å². The molecule has 88 valence electrons. The van der Waals surface area contributed by atoms with Gasteiger partial charge in [0, 0.05) is 17.3 Å². The Bertz CT molecular complexity index is 421. The topological polar surface area (TPSA) is 55.1 Å². The average Bonchev–Trinajstić information content (AvgIpc) is 2.49. The molecule has 1 heterocycles. The number of aliphatic carboxylic acids is 1. The Morgan fingerprint density at radius 3 is 2.75 bits per heavy atom. The van der Waals surface area contributed by atoms with E-state index in [0.717, 1.165) is 6.20 Å². The molecule has 1 aromatic heterocycles. The van der Waals surface area contributed by atoms with Crippen LogP contribution in [0.4, 0.5) is 13.2 Å². The maximum absolute atomic E-state index is 12.0. The highest BCUT2D eigenvalue weighted by molar-refractivity contribution is 5.91. The van der Waals surface area contributed by atoms with Crippen molar-refractivity contribution in [2.24, 2.45) is 0 Å². The number of carbonyl (C=O) groups is 1. The highest BCUT2D eigenvalue weighted by Gasteiger charge is 2.28. The predicted molar refractivity (Wildman–Crippen MR) is 49.6 cm³/mol. The molecule has 0 bridgehead atoms. The molecule has 0 unspecified atom stereocenters. The Morgan fingerprint density at radius 1 is 1.62 bits per heavy atom. The summed E-state index contributed by atoms with van der Waals surface area (Å²) in [5, 5.41) is 12.0. The largest absolute Gasteiger partial charge is 0.478 e. The monoisotopic (exact) mass is 234 g/mol. The van der Waals surface area contributed by atoms with Crippen molar-refractivity contribution < 1.29 is 23.1 Å². The van der Waals surface area contributed by atoms with Crippen molar-refractivity contribution in [1.29, 1.82) is 0 Å². The number of hydrogen-bond acceptors (Lipinski definition) is 2. The van der Waals surface area contributed by atoms with Crippen molar-refractivity contribution >= 4 is 12.0 Å². The number of rotatable bonds is 3. The van der Waals surface area contributed by atoms with E-state index in [1.807, 2.05) is 0 Å². The summed E-state index contributed by atoms with van der Waals surface area (Å²) in [6, 6.07) is 0. The summed E-state index contributed by atoms with van der Waals surface area (Å²) in [6.45, 7) is 0.163. The Hall–Kier alpha value is -1.79. The second kappa shape index (κ2) is 4.38. The summed E-state index contributed by atoms with van der Waals surface area (Å²) in [6.07, 6.45) is -0.769. The first kappa shape index (κ1) is 12.3. The molecule has 1 aromatic rings. The van der Waals surface area contributed by atoms with Crippen LogP contribution in [-0.2, 0) is 11.3 Å². The zero-order chi connectivity index (χ0) is 12.3. The number of hydrogen-bond donors (Lipinski definition) is 1. The van der Waals surface area contributed by atoms with Gasteiger partial charge in [0.1, 0.15) is 6.54 Å². The second-order valence-corrected chi connectivity index (χ2v) is 3.22. The Balaban J connectivity index is 2.80. The summed E-state index contributed by atoms with van der Waals surface area (Å²) >= 11 is 0. The highest BCUT2D eigenvalue weighted by Crippen LogP contribution is 2.17. The number of carboxylic acids is 1. The minimum atomic E-state index is -4.34. The average molecular weight is 234 g/mol. The van der Waals surface area contributed by atoms with Gasteiger partial charge in [-0.2, -0.15) is 18.3 Å². The predicted octanol–water partition coefficient (Wildman–Crippen LogP) is 1.93. The lowest BCUT2D eigenvalue weighted by atomic mass is 10.2. The van der Waals surface area contributed by atoms with Crippen molar-refractivity contribution in [1.82, 2.24) is 9.78 Å². The molecule has 7 heteroatoms. The van der Waals surface area contributed by atoms with Crippen LogP contribution >= 0.6 is 0 Å². The van der Waals surface area contributed by atoms with E-state index < -0.39 is 18.7 Å². The summed E-state index contributed by atoms with van der Waals surface area (Å²) < 4.78 is 36.6. The van der Waals surface area contributed by atoms with E-state index >= 15 is 0 Å². The van der Waals surface area contributed by atoms with Gasteiger partial charge in [-0.05, 0) is 13.0 Å². The van der Waals surface area contributed by atoms with Gasteiger partial charge in [0.25, 0.3) is 0 Å². The summed E-state index contributed by atoms with van der Waals surface area (Å²) in [5.41, 5.74) is 0.357. The molecular weight excluding hydrogens is 225 g/mol. The molecule has 0 radical (unpaired) electrons. The molecule has 0 aliphatic heterocycles. The lowest BCUT2D eigenvalue weighted by Gasteiger charge is -2.04. The van der Waals surface area contributed by atoms with Crippen LogP contribution in [0, 0.1) is 0 Å². The molecule has 0 aromatic carbocycles. The maximum Gasteiger partial charge on any atom is 0.408 e. The molecule has 0 aliphatic carbocycles. The molecule has 0 aliphatic rings. The van der Waals surface area contributed by atoms with Crippen molar-refractivity contribution in [3.63, 3.8) is 0 Å². The second-order valence-electron chi connectivity index (χ2n) is 3.22. The lowest BCUT2D eigenvalue weighted by molar-refractivity contribution is -0.142. The number of nitrogens with zero attached hydrogens (tertiary/aromatic N) is 2. The molecule has 0 saturated carbocycles. The number of alkyl halides is 3. The lowest BCUT2D eigenvalue weighted by Crippen LogP contribution is -2.17. The van der Waals surface area contributed by atoms with Crippen LogP contribution in [0.15, 0.2) is 18.0 Å². The van der Waals surface area contributed by atoms with Crippen LogP contribution in [0.2, 0.25) is 0 Å². The zero-order valence-electron chi connectivity index (χ0n) is 8.32. The van der Waals surface area contributed by atoms with Gasteiger partial charge in [-0.1, -0.05) is 0 Å². The van der Waals surface area contributed by atoms with Gasteiger partial charge in [0.2, 0.25) is 0 Å². The SMILES string of the molecule is C/C(=C\c1cnn(CC(F)(F)F)c1)C(=O)O. The standard InChI is InChI=1S/C9H9F3N2O2/c1-6(8(15)16)2-7-3-13-14(4-7)5-9(10,11)12/h2-4H,5H2,1H3,(H,15,16)/b6-2+. The van der Waals surface area contributed by atoms with Crippen LogP contribution in [-0.4, -0.2) is 27.0 Å². The normalized spacial score (nSPS) is 12.9. The quantitative estimate of drug-likeness (QED) is 0.813. The zero-order valence-corrected chi connectivity index (χ0v) is 8.32. The minimum Gasteiger partial charge on any atom is -0.478 e. The molecule has 16 heavy (non-hydrogen) atoms. The smallest absolute Gasteiger partial charge is 0.408 e. The van der Waals surface area contributed by atoms with Crippen LogP contribution in [0.1, 0.15) is 12.5 Å². The summed E-state index contributed by atoms with van der Waals surface area (Å²) in [4.78, 5) is 10.5. The maximum atomic E-state index is 12.0. The van der Waals surface area contributed by atoms with E-state index in [1.165, 1.54) is 19.2 Å². The first-order chi connectivity index (χ1) is 7.28. The van der Waals surface area contributed by atoms with Gasteiger partial charge >= 0.3 is 12.1 Å². The number of aromatic nitrogens is 2. The third-order valence-corrected chi connectivity index (χ3v) is 1.72. The molecule has 1 N–H and O–H groups in total. The summed E-state index contributed by atoms with van der Waals surface area (Å²) in [5.74, 6) is -1.12. The van der Waals surface area contributed by atoms with Gasteiger partial charge in [0.15, 0.2) is 0 Å². The van der Waals surface area contributed by atoms with Crippen molar-refractivity contribution in [3.05, 3.63) is 23.5 Å². The fourth-order valence-corrected chi connectivity index (χ4v) is 1.04. The molecule has 0 amide bonds. The Morgan fingerprint density at radius 2 is 2.25 bits per heavy atom. The minimum absolute atomic E-state index is 0.0339. The Kier molecular flexibility index (Phi) is 3.36. The van der Waals surface area contributed by atoms with Crippen molar-refractivity contribution in [2.75, 3.05) is 0 Å². The van der Waals surface area contributed by atoms with E-state index in [9.17, 15) is 18.0 Å². The van der Waals surface area contributed by atoms with Crippen molar-refractivity contribution in [2.45, 2.75) is 19.6 Å². The molecular formula is C9H9F3N2O2. The van der Waals surface area contributed by atoms with E-state index in [1.54, 1.807) is 0 Å². The van der Waals surface area contributed by atoms with E-state index in [0.29, 0.717) is 10.2 Å². The molecule has 4 nitrogen and oxygen atoms in total. The van der Waals surface area contributed by atoms with Gasteiger partial charge in [-0.15, -0.1) is 0 Å². The van der Waals surface area contributed by atoms with Gasteiger partial charge in [-0.25, -0.2) is 4.79 Å². The van der Waals surface area contributed by atoms with Crippen LogP contribution in [0.5, 0.6) is 0 Å². The fraction of sp³-hybridized carbons (Fsp3) is 0.333. The van der Waals surface area contributed by atoms with Crippen LogP contribution < -0.4 is 0 Å². The third kappa shape index (κ3) is 3.76. The van der Waals surface area contributed by atoms with Crippen molar-refractivity contribution in [3.8, 4) is 0 Å². The molecule has 0 spiro atoms. The van der Waals surface area contributed by atoms with Crippen LogP contribution in [0.25, 0.3) is 6.08 Å². The van der Waals surface area contributed by atoms with Gasteiger partial charge < -0.3 is 5.11 Å². The van der Waals surface area contributed by atoms with Gasteiger partial charge in [-0.3, -0.25) is 4.68 Å². The number of carboxylic acid groups (broad SMARTS) is 1. The summed E-state index contributed by atoms with van der Waals surface area (Å²) in [7, 11) is 0. The number of halogens is 3. The van der Waals surface area contributed by atoms with E-state index in [2.05, 4.69) is 5.10 Å². The molecule has 0 saturated heterocycles. The first-order valence-corrected chi connectivity index (χ1v) is 4.29. The van der Waals surface area contributed by atoms with Gasteiger partial charge in [0.05, 0.1) is 6.20 Å².